The Labute approximate surface area is 260 Å². The van der Waals surface area contributed by atoms with Crippen molar-refractivity contribution in [2.75, 3.05) is 6.54 Å². The van der Waals surface area contributed by atoms with Gasteiger partial charge in [-0.1, -0.05) is 42.5 Å². The Hall–Kier alpha value is -4.88. The number of aromatic nitrogens is 6. The quantitative estimate of drug-likeness (QED) is 0.265. The minimum atomic E-state index is -3.84. The SMILES string of the molecule is CC[C@@H]1CN(Cc2cccc(-c3cccc(-n4ncc(C(=O)O)c4[C@@H]4C[C@H]4c4cn(C)nn4)c3)c2)S(=O)(=O)c2cccnc2O1. The molecule has 12 nitrogen and oxygen atoms in total. The van der Waals surface area contributed by atoms with Gasteiger partial charge in [0.15, 0.2) is 0 Å². The Morgan fingerprint density at radius 2 is 1.87 bits per heavy atom. The van der Waals surface area contributed by atoms with Crippen molar-refractivity contribution in [1.29, 1.82) is 0 Å². The summed E-state index contributed by atoms with van der Waals surface area (Å²) in [7, 11) is -2.03. The maximum atomic E-state index is 13.6. The van der Waals surface area contributed by atoms with Crippen LogP contribution < -0.4 is 4.74 Å². The van der Waals surface area contributed by atoms with Gasteiger partial charge in [0.2, 0.25) is 15.9 Å². The van der Waals surface area contributed by atoms with Gasteiger partial charge in [-0.2, -0.15) is 9.40 Å². The van der Waals surface area contributed by atoms with Crippen LogP contribution in [0.2, 0.25) is 0 Å². The highest BCUT2D eigenvalue weighted by molar-refractivity contribution is 7.89. The lowest BCUT2D eigenvalue weighted by Gasteiger charge is -2.22. The Balaban J connectivity index is 1.19. The topological polar surface area (TPSA) is 145 Å². The van der Waals surface area contributed by atoms with Gasteiger partial charge in [0.1, 0.15) is 16.6 Å². The second kappa shape index (κ2) is 11.2. The van der Waals surface area contributed by atoms with Crippen LogP contribution in [0, 0.1) is 0 Å². The van der Waals surface area contributed by atoms with Crippen molar-refractivity contribution in [3.8, 4) is 22.7 Å². The smallest absolute Gasteiger partial charge is 0.339 e. The third-order valence-corrected chi connectivity index (χ3v) is 10.2. The van der Waals surface area contributed by atoms with E-state index in [1.807, 2.05) is 61.7 Å². The summed E-state index contributed by atoms with van der Waals surface area (Å²) in [6.45, 7) is 2.33. The van der Waals surface area contributed by atoms with E-state index < -0.39 is 16.0 Å². The van der Waals surface area contributed by atoms with Gasteiger partial charge in [0, 0.05) is 37.8 Å². The number of ether oxygens (including phenoxy) is 1. The van der Waals surface area contributed by atoms with Crippen LogP contribution in [0.4, 0.5) is 0 Å². The molecule has 0 amide bonds. The molecule has 4 heterocycles. The van der Waals surface area contributed by atoms with E-state index in [4.69, 9.17) is 4.74 Å². The summed E-state index contributed by atoms with van der Waals surface area (Å²) in [6, 6.07) is 18.6. The summed E-state index contributed by atoms with van der Waals surface area (Å²) in [4.78, 5) is 16.4. The first-order valence-electron chi connectivity index (χ1n) is 14.7. The number of aryl methyl sites for hydroxylation is 1. The summed E-state index contributed by atoms with van der Waals surface area (Å²) >= 11 is 0. The van der Waals surface area contributed by atoms with Crippen molar-refractivity contribution in [3.05, 3.63) is 102 Å². The van der Waals surface area contributed by atoms with E-state index in [1.54, 1.807) is 22.5 Å². The molecule has 0 bridgehead atoms. The number of pyridine rings is 1. The molecule has 5 aromatic rings. The lowest BCUT2D eigenvalue weighted by molar-refractivity contribution is 0.0695. The third kappa shape index (κ3) is 5.38. The molecule has 0 spiro atoms. The number of rotatable bonds is 8. The van der Waals surface area contributed by atoms with Crippen LogP contribution in [0.3, 0.4) is 0 Å². The number of hydrogen-bond acceptors (Lipinski definition) is 8. The van der Waals surface area contributed by atoms with Gasteiger partial charge < -0.3 is 9.84 Å². The number of carboxylic acids is 1. The van der Waals surface area contributed by atoms with Crippen LogP contribution in [0.25, 0.3) is 16.8 Å². The highest BCUT2D eigenvalue weighted by Crippen LogP contribution is 2.55. The van der Waals surface area contributed by atoms with Gasteiger partial charge in [0.05, 0.1) is 29.8 Å². The number of hydrogen-bond donors (Lipinski definition) is 1. The van der Waals surface area contributed by atoms with E-state index in [2.05, 4.69) is 20.4 Å². The van der Waals surface area contributed by atoms with E-state index >= 15 is 0 Å². The number of fused-ring (bicyclic) bond motifs is 1. The maximum absolute atomic E-state index is 13.6. The average molecular weight is 626 g/mol. The van der Waals surface area contributed by atoms with Crippen LogP contribution >= 0.6 is 0 Å². The molecule has 45 heavy (non-hydrogen) atoms. The van der Waals surface area contributed by atoms with Gasteiger partial charge in [-0.25, -0.2) is 22.9 Å². The van der Waals surface area contributed by atoms with Crippen molar-refractivity contribution in [1.82, 2.24) is 34.1 Å². The molecule has 3 aromatic heterocycles. The molecule has 2 aromatic carbocycles. The van der Waals surface area contributed by atoms with Crippen molar-refractivity contribution in [2.24, 2.45) is 7.05 Å². The molecule has 3 atom stereocenters. The summed E-state index contributed by atoms with van der Waals surface area (Å²) in [5.74, 6) is -0.866. The van der Waals surface area contributed by atoms with Crippen molar-refractivity contribution < 1.29 is 23.1 Å². The summed E-state index contributed by atoms with van der Waals surface area (Å²) in [6.07, 6.45) is 5.87. The minimum Gasteiger partial charge on any atom is -0.478 e. The van der Waals surface area contributed by atoms with Crippen molar-refractivity contribution >= 4 is 16.0 Å². The standard InChI is InChI=1S/C32H31N7O5S/c1-3-24-18-38(45(42,43)29-11-6-12-33-31(29)44-24)17-20-7-4-8-21(13-20)22-9-5-10-23(14-22)39-30(27(16-34-39)32(40)41)26-15-25(26)28-19-37(2)36-35-28/h4-14,16,19,24-26H,3,15,17-18H2,1-2H3,(H,40,41)/t24-,25-,26-/m1/s1. The number of aromatic carboxylic acids is 1. The molecule has 1 fully saturated rings. The average Bonchev–Trinajstić information content (AvgIpc) is 3.52. The zero-order valence-corrected chi connectivity index (χ0v) is 25.5. The largest absolute Gasteiger partial charge is 0.478 e. The maximum Gasteiger partial charge on any atom is 0.339 e. The normalized spacial score (nSPS) is 20.6. The fourth-order valence-electron chi connectivity index (χ4n) is 6.00. The van der Waals surface area contributed by atoms with E-state index in [0.717, 1.165) is 34.5 Å². The molecule has 2 aliphatic rings. The Morgan fingerprint density at radius 3 is 2.62 bits per heavy atom. The molecule has 230 valence electrons. The molecule has 13 heteroatoms. The Morgan fingerprint density at radius 1 is 1.07 bits per heavy atom. The summed E-state index contributed by atoms with van der Waals surface area (Å²) in [5.41, 5.74) is 4.97. The van der Waals surface area contributed by atoms with Crippen LogP contribution in [-0.2, 0) is 23.6 Å². The molecular formula is C32H31N7O5S. The molecule has 1 aliphatic heterocycles. The monoisotopic (exact) mass is 625 g/mol. The third-order valence-electron chi connectivity index (χ3n) is 8.38. The lowest BCUT2D eigenvalue weighted by atomic mass is 10.0. The lowest BCUT2D eigenvalue weighted by Crippen LogP contribution is -2.36. The van der Waals surface area contributed by atoms with E-state index in [9.17, 15) is 18.3 Å². The predicted octanol–water partition coefficient (Wildman–Crippen LogP) is 4.39. The molecule has 7 rings (SSSR count). The highest BCUT2D eigenvalue weighted by atomic mass is 32.2. The van der Waals surface area contributed by atoms with Gasteiger partial charge >= 0.3 is 5.97 Å². The Bertz CT molecular complexity index is 2020. The van der Waals surface area contributed by atoms with Crippen molar-refractivity contribution in [2.45, 2.75) is 49.1 Å². The molecule has 0 radical (unpaired) electrons. The second-order valence-electron chi connectivity index (χ2n) is 11.4. The second-order valence-corrected chi connectivity index (χ2v) is 13.3. The van der Waals surface area contributed by atoms with Gasteiger partial charge in [-0.3, -0.25) is 4.68 Å². The number of sulfonamides is 1. The first kappa shape index (κ1) is 28.9. The Kier molecular flexibility index (Phi) is 7.21. The highest BCUT2D eigenvalue weighted by Gasteiger charge is 2.46. The number of nitrogens with zero attached hydrogens (tertiary/aromatic N) is 7. The van der Waals surface area contributed by atoms with Gasteiger partial charge in [-0.05, 0) is 59.9 Å². The molecule has 0 unspecified atom stereocenters. The molecule has 1 aliphatic carbocycles. The van der Waals surface area contributed by atoms with Crippen LogP contribution in [0.1, 0.15) is 58.9 Å². The number of benzene rings is 2. The molecular weight excluding hydrogens is 594 g/mol. The van der Waals surface area contributed by atoms with Crippen LogP contribution in [0.15, 0.2) is 84.1 Å². The van der Waals surface area contributed by atoms with E-state index in [-0.39, 0.29) is 47.4 Å². The van der Waals surface area contributed by atoms with Gasteiger partial charge in [0.25, 0.3) is 0 Å². The van der Waals surface area contributed by atoms with E-state index in [1.165, 1.54) is 22.8 Å². The van der Waals surface area contributed by atoms with Crippen molar-refractivity contribution in [3.63, 3.8) is 0 Å². The predicted molar refractivity (Wildman–Crippen MR) is 164 cm³/mol. The fraction of sp³-hybridized carbons (Fsp3) is 0.281. The molecule has 1 N–H and O–H groups in total. The van der Waals surface area contributed by atoms with E-state index in [0.29, 0.717) is 12.1 Å². The number of carbonyl (C=O) groups is 1. The fourth-order valence-corrected chi connectivity index (χ4v) is 7.53. The minimum absolute atomic E-state index is 0.0471. The van der Waals surface area contributed by atoms with Crippen LogP contribution in [-0.4, -0.2) is 66.2 Å². The number of carboxylic acid groups (broad SMARTS) is 1. The summed E-state index contributed by atoms with van der Waals surface area (Å²) < 4.78 is 38.1. The van der Waals surface area contributed by atoms with Gasteiger partial charge in [-0.15, -0.1) is 5.10 Å². The zero-order valence-electron chi connectivity index (χ0n) is 24.7. The molecule has 0 saturated heterocycles. The zero-order chi connectivity index (χ0) is 31.3. The molecule has 1 saturated carbocycles. The first-order chi connectivity index (χ1) is 21.7. The first-order valence-corrected chi connectivity index (χ1v) is 16.2. The van der Waals surface area contributed by atoms with Crippen LogP contribution in [0.5, 0.6) is 5.88 Å². The summed E-state index contributed by atoms with van der Waals surface area (Å²) in [5, 5.41) is 22.7.